The summed E-state index contributed by atoms with van der Waals surface area (Å²) in [7, 11) is 1.61. The number of nitrogens with one attached hydrogen (secondary N) is 1. The Kier molecular flexibility index (Phi) is 8.34. The standard InChI is InChI=1S/C14H21FN2O4/c1-18-4-5-19-6-7-20-8-9-21-13-3-2-11(15)10-12(13)14(16)17/h2-3,10H,4-9H2,1H3,(H3,16,17). The molecule has 1 rings (SSSR count). The Morgan fingerprint density at radius 3 is 2.33 bits per heavy atom. The second-order valence-corrected chi connectivity index (χ2v) is 4.12. The van der Waals surface area contributed by atoms with E-state index in [1.165, 1.54) is 18.2 Å². The number of hydrogen-bond donors (Lipinski definition) is 2. The van der Waals surface area contributed by atoms with Crippen molar-refractivity contribution in [2.24, 2.45) is 5.73 Å². The van der Waals surface area contributed by atoms with Gasteiger partial charge in [0.1, 0.15) is 24.0 Å². The van der Waals surface area contributed by atoms with Gasteiger partial charge in [-0.2, -0.15) is 0 Å². The van der Waals surface area contributed by atoms with E-state index in [0.717, 1.165) is 0 Å². The van der Waals surface area contributed by atoms with Gasteiger partial charge in [0.25, 0.3) is 0 Å². The summed E-state index contributed by atoms with van der Waals surface area (Å²) in [5.74, 6) is -0.335. The molecule has 21 heavy (non-hydrogen) atoms. The summed E-state index contributed by atoms with van der Waals surface area (Å²) in [4.78, 5) is 0. The molecule has 0 heterocycles. The summed E-state index contributed by atoms with van der Waals surface area (Å²) in [6, 6.07) is 3.87. The molecule has 6 nitrogen and oxygen atoms in total. The van der Waals surface area contributed by atoms with Crippen LogP contribution in [0.25, 0.3) is 0 Å². The van der Waals surface area contributed by atoms with E-state index in [9.17, 15) is 4.39 Å². The number of rotatable bonds is 11. The van der Waals surface area contributed by atoms with Gasteiger partial charge in [-0.3, -0.25) is 5.41 Å². The van der Waals surface area contributed by atoms with Crippen LogP contribution in [0.4, 0.5) is 4.39 Å². The minimum atomic E-state index is -0.461. The second-order valence-electron chi connectivity index (χ2n) is 4.12. The lowest BCUT2D eigenvalue weighted by molar-refractivity contribution is 0.0179. The molecular formula is C14H21FN2O4. The molecule has 3 N–H and O–H groups in total. The van der Waals surface area contributed by atoms with Gasteiger partial charge in [-0.15, -0.1) is 0 Å². The van der Waals surface area contributed by atoms with E-state index >= 15 is 0 Å². The Bertz CT molecular complexity index is 443. The topological polar surface area (TPSA) is 86.8 Å². The van der Waals surface area contributed by atoms with Gasteiger partial charge >= 0.3 is 0 Å². The quantitative estimate of drug-likeness (QED) is 0.364. The maximum Gasteiger partial charge on any atom is 0.130 e. The molecule has 1 aromatic rings. The largest absolute Gasteiger partial charge is 0.490 e. The molecule has 118 valence electrons. The molecule has 0 aliphatic carbocycles. The molecule has 1 aromatic carbocycles. The molecule has 0 saturated carbocycles. The Morgan fingerprint density at radius 1 is 1.10 bits per heavy atom. The van der Waals surface area contributed by atoms with Gasteiger partial charge < -0.3 is 24.7 Å². The Balaban J connectivity index is 2.20. The average Bonchev–Trinajstić information content (AvgIpc) is 2.46. The molecule has 0 atom stereocenters. The van der Waals surface area contributed by atoms with E-state index in [4.69, 9.17) is 30.1 Å². The fourth-order valence-electron chi connectivity index (χ4n) is 1.51. The van der Waals surface area contributed by atoms with Crippen molar-refractivity contribution in [2.75, 3.05) is 46.8 Å². The monoisotopic (exact) mass is 300 g/mol. The first-order valence-electron chi connectivity index (χ1n) is 6.56. The molecule has 0 aliphatic heterocycles. The summed E-state index contributed by atoms with van der Waals surface area (Å²) in [5.41, 5.74) is 5.61. The summed E-state index contributed by atoms with van der Waals surface area (Å²) in [6.07, 6.45) is 0. The summed E-state index contributed by atoms with van der Waals surface area (Å²) >= 11 is 0. The van der Waals surface area contributed by atoms with Crippen molar-refractivity contribution in [1.82, 2.24) is 0 Å². The number of ether oxygens (including phenoxy) is 4. The number of hydrogen-bond acceptors (Lipinski definition) is 5. The van der Waals surface area contributed by atoms with Crippen LogP contribution in [-0.2, 0) is 14.2 Å². The number of nitrogen functional groups attached to an aromatic ring is 1. The molecule has 0 spiro atoms. The van der Waals surface area contributed by atoms with E-state index in [-0.39, 0.29) is 18.0 Å². The van der Waals surface area contributed by atoms with Crippen LogP contribution >= 0.6 is 0 Å². The molecule has 0 saturated heterocycles. The third kappa shape index (κ3) is 7.03. The maximum atomic E-state index is 13.1. The number of methoxy groups -OCH3 is 1. The van der Waals surface area contributed by atoms with Gasteiger partial charge in [-0.25, -0.2) is 4.39 Å². The fraction of sp³-hybridized carbons (Fsp3) is 0.500. The van der Waals surface area contributed by atoms with Gasteiger partial charge in [-0.1, -0.05) is 0 Å². The number of nitrogens with two attached hydrogens (primary N) is 1. The summed E-state index contributed by atoms with van der Waals surface area (Å²) in [5, 5.41) is 7.37. The van der Waals surface area contributed by atoms with Crippen LogP contribution in [0.5, 0.6) is 5.75 Å². The van der Waals surface area contributed by atoms with Crippen molar-refractivity contribution in [3.05, 3.63) is 29.6 Å². The van der Waals surface area contributed by atoms with E-state index in [1.807, 2.05) is 0 Å². The van der Waals surface area contributed by atoms with Gasteiger partial charge in [0, 0.05) is 7.11 Å². The minimum absolute atomic E-state index is 0.234. The highest BCUT2D eigenvalue weighted by Gasteiger charge is 2.08. The molecule has 0 radical (unpaired) electrons. The minimum Gasteiger partial charge on any atom is -0.490 e. The van der Waals surface area contributed by atoms with E-state index in [1.54, 1.807) is 7.11 Å². The van der Waals surface area contributed by atoms with Crippen molar-refractivity contribution in [1.29, 1.82) is 5.41 Å². The number of benzene rings is 1. The van der Waals surface area contributed by atoms with Crippen LogP contribution in [0.15, 0.2) is 18.2 Å². The summed E-state index contributed by atoms with van der Waals surface area (Å²) in [6.45, 7) is 2.68. The highest BCUT2D eigenvalue weighted by atomic mass is 19.1. The van der Waals surface area contributed by atoms with E-state index < -0.39 is 5.82 Å². The highest BCUT2D eigenvalue weighted by molar-refractivity contribution is 5.97. The lowest BCUT2D eigenvalue weighted by Gasteiger charge is -2.11. The van der Waals surface area contributed by atoms with Crippen molar-refractivity contribution in [2.45, 2.75) is 0 Å². The predicted molar refractivity (Wildman–Crippen MR) is 76.4 cm³/mol. The van der Waals surface area contributed by atoms with Crippen molar-refractivity contribution < 1.29 is 23.3 Å². The number of amidine groups is 1. The van der Waals surface area contributed by atoms with Crippen LogP contribution in [0.2, 0.25) is 0 Å². The zero-order valence-electron chi connectivity index (χ0n) is 12.1. The SMILES string of the molecule is COCCOCCOCCOc1ccc(F)cc1C(=N)N. The molecule has 0 amide bonds. The van der Waals surface area contributed by atoms with Crippen LogP contribution < -0.4 is 10.5 Å². The third-order valence-electron chi connectivity index (χ3n) is 2.52. The van der Waals surface area contributed by atoms with Crippen LogP contribution in [0, 0.1) is 11.2 Å². The lowest BCUT2D eigenvalue weighted by atomic mass is 10.2. The van der Waals surface area contributed by atoms with Gasteiger partial charge in [0.05, 0.1) is 38.6 Å². The molecule has 7 heteroatoms. The summed E-state index contributed by atoms with van der Waals surface area (Å²) < 4.78 is 33.9. The fourth-order valence-corrected chi connectivity index (χ4v) is 1.51. The van der Waals surface area contributed by atoms with Crippen molar-refractivity contribution in [3.63, 3.8) is 0 Å². The predicted octanol–water partition coefficient (Wildman–Crippen LogP) is 1.17. The van der Waals surface area contributed by atoms with E-state index in [0.29, 0.717) is 38.8 Å². The first-order valence-corrected chi connectivity index (χ1v) is 6.56. The Hall–Kier alpha value is -1.70. The first-order chi connectivity index (χ1) is 10.1. The Morgan fingerprint density at radius 2 is 1.71 bits per heavy atom. The lowest BCUT2D eigenvalue weighted by Crippen LogP contribution is -2.16. The van der Waals surface area contributed by atoms with Crippen molar-refractivity contribution >= 4 is 5.84 Å². The molecule has 0 unspecified atom stereocenters. The van der Waals surface area contributed by atoms with Crippen molar-refractivity contribution in [3.8, 4) is 5.75 Å². The zero-order chi connectivity index (χ0) is 15.5. The second kappa shape index (κ2) is 10.1. The van der Waals surface area contributed by atoms with Crippen LogP contribution in [-0.4, -0.2) is 52.6 Å². The first kappa shape index (κ1) is 17.4. The van der Waals surface area contributed by atoms with Gasteiger partial charge in [-0.05, 0) is 18.2 Å². The smallest absolute Gasteiger partial charge is 0.130 e. The zero-order valence-corrected chi connectivity index (χ0v) is 12.1. The van der Waals surface area contributed by atoms with E-state index in [2.05, 4.69) is 0 Å². The average molecular weight is 300 g/mol. The molecule has 0 fully saturated rings. The molecule has 0 bridgehead atoms. The van der Waals surface area contributed by atoms with Crippen LogP contribution in [0.3, 0.4) is 0 Å². The molecule has 0 aromatic heterocycles. The van der Waals surface area contributed by atoms with Crippen LogP contribution in [0.1, 0.15) is 5.56 Å². The van der Waals surface area contributed by atoms with Gasteiger partial charge in [0.2, 0.25) is 0 Å². The number of halogens is 1. The maximum absolute atomic E-state index is 13.1. The highest BCUT2D eigenvalue weighted by Crippen LogP contribution is 2.18. The normalized spacial score (nSPS) is 10.6. The Labute approximate surface area is 123 Å². The third-order valence-corrected chi connectivity index (χ3v) is 2.52. The molecule has 0 aliphatic rings. The van der Waals surface area contributed by atoms with Gasteiger partial charge in [0.15, 0.2) is 0 Å². The molecular weight excluding hydrogens is 279 g/mol.